The first-order valence-electron chi connectivity index (χ1n) is 6.66. The summed E-state index contributed by atoms with van der Waals surface area (Å²) in [6.45, 7) is 1.29. The molecule has 4 nitrogen and oxygen atoms in total. The lowest BCUT2D eigenvalue weighted by Crippen LogP contribution is -2.45. The van der Waals surface area contributed by atoms with Crippen LogP contribution in [0.2, 0.25) is 0 Å². The molecule has 1 spiro atoms. The monoisotopic (exact) mass is 335 g/mol. The third-order valence-corrected chi connectivity index (χ3v) is 7.07. The average Bonchev–Trinajstić information content (AvgIpc) is 2.86. The van der Waals surface area contributed by atoms with Crippen molar-refractivity contribution in [3.63, 3.8) is 0 Å². The van der Waals surface area contributed by atoms with Crippen molar-refractivity contribution < 1.29 is 21.9 Å². The molecule has 0 bridgehead atoms. The van der Waals surface area contributed by atoms with Gasteiger partial charge >= 0.3 is 0 Å². The van der Waals surface area contributed by atoms with E-state index in [0.717, 1.165) is 17.9 Å². The van der Waals surface area contributed by atoms with E-state index in [9.17, 15) is 17.2 Å². The molecule has 0 aromatic heterocycles. The van der Waals surface area contributed by atoms with Crippen LogP contribution in [-0.4, -0.2) is 43.1 Å². The lowest BCUT2D eigenvalue weighted by molar-refractivity contribution is 0.0161. The number of thioether (sulfide) groups is 1. The molecule has 0 saturated carbocycles. The molecule has 0 aliphatic carbocycles. The van der Waals surface area contributed by atoms with Gasteiger partial charge in [0.05, 0.1) is 11.5 Å². The Morgan fingerprint density at radius 3 is 2.29 bits per heavy atom. The molecule has 21 heavy (non-hydrogen) atoms. The molecule has 8 heteroatoms. The highest BCUT2D eigenvalue weighted by molar-refractivity contribution is 8.00. The minimum absolute atomic E-state index is 0.279. The minimum Gasteiger partial charge on any atom is -0.363 e. The zero-order chi connectivity index (χ0) is 15.1. The Balaban J connectivity index is 1.80. The summed E-state index contributed by atoms with van der Waals surface area (Å²) < 4.78 is 58.3. The van der Waals surface area contributed by atoms with Gasteiger partial charge in [-0.3, -0.25) is 0 Å². The first-order chi connectivity index (χ1) is 9.91. The van der Waals surface area contributed by atoms with E-state index in [1.54, 1.807) is 11.8 Å². The molecule has 0 atom stereocenters. The molecular weight excluding hydrogens is 320 g/mol. The van der Waals surface area contributed by atoms with Crippen LogP contribution in [0.4, 0.5) is 8.78 Å². The average molecular weight is 335 g/mol. The van der Waals surface area contributed by atoms with Crippen LogP contribution < -0.4 is 0 Å². The van der Waals surface area contributed by atoms with Gasteiger partial charge < -0.3 is 4.74 Å². The van der Waals surface area contributed by atoms with Crippen molar-refractivity contribution in [1.29, 1.82) is 0 Å². The number of hydrogen-bond donors (Lipinski definition) is 0. The SMILES string of the molecule is O=S(=O)(c1cc(F)cc(F)c1)N1CCC2(CC1)OCCS2. The van der Waals surface area contributed by atoms with E-state index in [-0.39, 0.29) is 9.83 Å². The number of halogens is 2. The molecule has 2 heterocycles. The third kappa shape index (κ3) is 2.94. The standard InChI is InChI=1S/C13H15F2NO3S2/c14-10-7-11(15)9-12(8-10)21(17,18)16-3-1-13(2-4-16)19-5-6-20-13/h7-9H,1-6H2. The summed E-state index contributed by atoms with van der Waals surface area (Å²) in [6.07, 6.45) is 1.18. The number of nitrogens with zero attached hydrogens (tertiary/aromatic N) is 1. The topological polar surface area (TPSA) is 46.6 Å². The zero-order valence-electron chi connectivity index (χ0n) is 11.2. The fourth-order valence-electron chi connectivity index (χ4n) is 2.68. The predicted octanol–water partition coefficient (Wildman–Crippen LogP) is 2.21. The van der Waals surface area contributed by atoms with Crippen LogP contribution in [0.1, 0.15) is 12.8 Å². The highest BCUT2D eigenvalue weighted by Gasteiger charge is 2.42. The molecule has 2 fully saturated rings. The predicted molar refractivity (Wildman–Crippen MR) is 75.5 cm³/mol. The van der Waals surface area contributed by atoms with Crippen LogP contribution in [0.3, 0.4) is 0 Å². The van der Waals surface area contributed by atoms with Crippen molar-refractivity contribution in [3.8, 4) is 0 Å². The fraction of sp³-hybridized carbons (Fsp3) is 0.538. The van der Waals surface area contributed by atoms with E-state index >= 15 is 0 Å². The molecule has 116 valence electrons. The molecule has 2 saturated heterocycles. The molecule has 0 N–H and O–H groups in total. The summed E-state index contributed by atoms with van der Waals surface area (Å²) >= 11 is 1.72. The number of sulfonamides is 1. The first kappa shape index (κ1) is 15.2. The summed E-state index contributed by atoms with van der Waals surface area (Å²) in [6, 6.07) is 2.36. The fourth-order valence-corrected chi connectivity index (χ4v) is 5.34. The summed E-state index contributed by atoms with van der Waals surface area (Å²) in [5.41, 5.74) is 0. The van der Waals surface area contributed by atoms with Gasteiger partial charge in [-0.2, -0.15) is 4.31 Å². The van der Waals surface area contributed by atoms with Crippen LogP contribution in [0.25, 0.3) is 0 Å². The van der Waals surface area contributed by atoms with Gasteiger partial charge in [0.2, 0.25) is 10.0 Å². The summed E-state index contributed by atoms with van der Waals surface area (Å²) in [5, 5.41) is 0. The zero-order valence-corrected chi connectivity index (χ0v) is 12.9. The highest BCUT2D eigenvalue weighted by Crippen LogP contribution is 2.42. The number of ether oxygens (including phenoxy) is 1. The van der Waals surface area contributed by atoms with E-state index in [0.29, 0.717) is 38.6 Å². The van der Waals surface area contributed by atoms with Crippen LogP contribution >= 0.6 is 11.8 Å². The van der Waals surface area contributed by atoms with Gasteiger partial charge in [0.25, 0.3) is 0 Å². The third-order valence-electron chi connectivity index (χ3n) is 3.77. The van der Waals surface area contributed by atoms with Gasteiger partial charge in [0.15, 0.2) is 0 Å². The number of rotatable bonds is 2. The van der Waals surface area contributed by atoms with E-state index < -0.39 is 21.7 Å². The molecule has 1 aromatic rings. The lowest BCUT2D eigenvalue weighted by atomic mass is 10.1. The summed E-state index contributed by atoms with van der Waals surface area (Å²) in [4.78, 5) is -0.616. The minimum atomic E-state index is -3.86. The van der Waals surface area contributed by atoms with Gasteiger partial charge in [0.1, 0.15) is 16.6 Å². The molecule has 0 amide bonds. The van der Waals surface area contributed by atoms with Crippen molar-refractivity contribution in [2.75, 3.05) is 25.4 Å². The Bertz CT molecular complexity index is 615. The number of hydrogen-bond acceptors (Lipinski definition) is 4. The molecule has 1 aromatic carbocycles. The van der Waals surface area contributed by atoms with Gasteiger partial charge in [-0.05, 0) is 25.0 Å². The van der Waals surface area contributed by atoms with E-state index in [4.69, 9.17) is 4.74 Å². The Kier molecular flexibility index (Phi) is 3.98. The van der Waals surface area contributed by atoms with E-state index in [1.807, 2.05) is 0 Å². The lowest BCUT2D eigenvalue weighted by Gasteiger charge is -2.37. The summed E-state index contributed by atoms with van der Waals surface area (Å²) in [7, 11) is -3.86. The van der Waals surface area contributed by atoms with Crippen molar-refractivity contribution in [1.82, 2.24) is 4.31 Å². The molecule has 0 unspecified atom stereocenters. The Morgan fingerprint density at radius 2 is 1.76 bits per heavy atom. The van der Waals surface area contributed by atoms with E-state index in [1.165, 1.54) is 4.31 Å². The number of piperidine rings is 1. The normalized spacial score (nSPS) is 22.8. The first-order valence-corrected chi connectivity index (χ1v) is 9.08. The Morgan fingerprint density at radius 1 is 1.14 bits per heavy atom. The van der Waals surface area contributed by atoms with Gasteiger partial charge in [-0.25, -0.2) is 17.2 Å². The van der Waals surface area contributed by atoms with Gasteiger partial charge in [0, 0.05) is 24.9 Å². The molecule has 2 aliphatic rings. The van der Waals surface area contributed by atoms with Crippen molar-refractivity contribution in [2.45, 2.75) is 22.7 Å². The Hall–Kier alpha value is -0.700. The van der Waals surface area contributed by atoms with Gasteiger partial charge in [-0.15, -0.1) is 11.8 Å². The van der Waals surface area contributed by atoms with Crippen LogP contribution in [0.5, 0.6) is 0 Å². The molecule has 3 rings (SSSR count). The number of benzene rings is 1. The summed E-state index contributed by atoms with van der Waals surface area (Å²) in [5.74, 6) is -0.865. The maximum Gasteiger partial charge on any atom is 0.243 e. The molecule has 2 aliphatic heterocycles. The van der Waals surface area contributed by atoms with E-state index in [2.05, 4.69) is 0 Å². The molecular formula is C13H15F2NO3S2. The maximum atomic E-state index is 13.2. The smallest absolute Gasteiger partial charge is 0.243 e. The van der Waals surface area contributed by atoms with Gasteiger partial charge in [-0.1, -0.05) is 0 Å². The van der Waals surface area contributed by atoms with Crippen LogP contribution in [0.15, 0.2) is 23.1 Å². The second kappa shape index (κ2) is 5.49. The molecule has 0 radical (unpaired) electrons. The van der Waals surface area contributed by atoms with Crippen molar-refractivity contribution >= 4 is 21.8 Å². The van der Waals surface area contributed by atoms with Crippen molar-refractivity contribution in [3.05, 3.63) is 29.8 Å². The van der Waals surface area contributed by atoms with Crippen LogP contribution in [0, 0.1) is 11.6 Å². The highest BCUT2D eigenvalue weighted by atomic mass is 32.2. The van der Waals surface area contributed by atoms with Crippen LogP contribution in [-0.2, 0) is 14.8 Å². The second-order valence-corrected chi connectivity index (χ2v) is 8.50. The second-order valence-electron chi connectivity index (χ2n) is 5.12. The maximum absolute atomic E-state index is 13.2. The largest absolute Gasteiger partial charge is 0.363 e. The Labute approximate surface area is 126 Å². The van der Waals surface area contributed by atoms with Crippen molar-refractivity contribution in [2.24, 2.45) is 0 Å². The quantitative estimate of drug-likeness (QED) is 0.831.